The summed E-state index contributed by atoms with van der Waals surface area (Å²) in [6, 6.07) is 0. The molecule has 0 aromatic heterocycles. The number of hydrogen-bond acceptors (Lipinski definition) is 2. The van der Waals surface area contributed by atoms with E-state index in [0.29, 0.717) is 5.92 Å². The van der Waals surface area contributed by atoms with E-state index in [4.69, 9.17) is 4.74 Å². The van der Waals surface area contributed by atoms with E-state index in [-0.39, 0.29) is 11.7 Å². The Morgan fingerprint density at radius 3 is 3.20 bits per heavy atom. The van der Waals surface area contributed by atoms with Gasteiger partial charge in [0, 0.05) is 17.9 Å². The van der Waals surface area contributed by atoms with Gasteiger partial charge in [0.1, 0.15) is 5.76 Å². The number of ketones is 1. The van der Waals surface area contributed by atoms with Crippen molar-refractivity contribution in [1.82, 2.24) is 0 Å². The minimum Gasteiger partial charge on any atom is -0.497 e. The zero-order chi connectivity index (χ0) is 7.14. The fourth-order valence-electron chi connectivity index (χ4n) is 1.67. The molecule has 2 unspecified atom stereocenters. The van der Waals surface area contributed by atoms with Crippen LogP contribution in [0.3, 0.4) is 0 Å². The number of hydrogen-bond donors (Lipinski definition) is 0. The fraction of sp³-hybridized carbons (Fsp3) is 0.625. The van der Waals surface area contributed by atoms with Crippen molar-refractivity contribution >= 4 is 5.78 Å². The van der Waals surface area contributed by atoms with Crippen LogP contribution in [-0.2, 0) is 9.53 Å². The van der Waals surface area contributed by atoms with Crippen LogP contribution >= 0.6 is 0 Å². The monoisotopic (exact) mass is 138 g/mol. The molecule has 0 aromatic rings. The molecule has 0 bridgehead atoms. The maximum atomic E-state index is 11.0. The quantitative estimate of drug-likeness (QED) is 0.501. The molecule has 0 amide bonds. The molecule has 0 saturated carbocycles. The van der Waals surface area contributed by atoms with Crippen LogP contribution in [0, 0.1) is 11.8 Å². The van der Waals surface area contributed by atoms with Gasteiger partial charge in [-0.05, 0) is 6.42 Å². The zero-order valence-corrected chi connectivity index (χ0v) is 5.96. The Labute approximate surface area is 59.9 Å². The minimum atomic E-state index is 0.178. The maximum absolute atomic E-state index is 11.0. The Bertz CT molecular complexity index is 205. The third-order valence-corrected chi connectivity index (χ3v) is 2.40. The first kappa shape index (κ1) is 5.96. The van der Waals surface area contributed by atoms with Gasteiger partial charge in [0.05, 0.1) is 6.61 Å². The number of rotatable bonds is 0. The van der Waals surface area contributed by atoms with Gasteiger partial charge in [-0.2, -0.15) is 0 Å². The van der Waals surface area contributed by atoms with Crippen molar-refractivity contribution in [3.63, 3.8) is 0 Å². The molecule has 2 atom stereocenters. The predicted molar refractivity (Wildman–Crippen MR) is 36.3 cm³/mol. The van der Waals surface area contributed by atoms with Gasteiger partial charge in [-0.3, -0.25) is 4.79 Å². The van der Waals surface area contributed by atoms with E-state index in [9.17, 15) is 4.79 Å². The molecule has 1 heterocycles. The van der Waals surface area contributed by atoms with Crippen molar-refractivity contribution in [2.75, 3.05) is 6.61 Å². The lowest BCUT2D eigenvalue weighted by Crippen LogP contribution is -2.10. The molecule has 2 aliphatic rings. The molecule has 0 radical (unpaired) electrons. The van der Waals surface area contributed by atoms with Gasteiger partial charge in [0.15, 0.2) is 5.78 Å². The van der Waals surface area contributed by atoms with Crippen LogP contribution < -0.4 is 0 Å². The molecule has 54 valence electrons. The highest BCUT2D eigenvalue weighted by Gasteiger charge is 2.37. The fourth-order valence-corrected chi connectivity index (χ4v) is 1.67. The molecule has 0 aromatic carbocycles. The Hall–Kier alpha value is -0.790. The van der Waals surface area contributed by atoms with Crippen LogP contribution in [0.25, 0.3) is 0 Å². The van der Waals surface area contributed by atoms with Crippen molar-refractivity contribution in [3.8, 4) is 0 Å². The summed E-state index contributed by atoms with van der Waals surface area (Å²) in [6.45, 7) is 2.78. The lowest BCUT2D eigenvalue weighted by Gasteiger charge is -2.06. The average Bonchev–Trinajstić information content (AvgIpc) is 2.41. The van der Waals surface area contributed by atoms with E-state index < -0.39 is 0 Å². The van der Waals surface area contributed by atoms with Gasteiger partial charge in [0.25, 0.3) is 0 Å². The van der Waals surface area contributed by atoms with Crippen LogP contribution in [-0.4, -0.2) is 12.4 Å². The molecule has 0 spiro atoms. The lowest BCUT2D eigenvalue weighted by atomic mass is 9.95. The first-order valence-electron chi connectivity index (χ1n) is 3.67. The molecular weight excluding hydrogens is 128 g/mol. The van der Waals surface area contributed by atoms with E-state index in [0.717, 1.165) is 18.8 Å². The van der Waals surface area contributed by atoms with Crippen molar-refractivity contribution in [3.05, 3.63) is 11.8 Å². The van der Waals surface area contributed by atoms with Crippen LogP contribution in [0.15, 0.2) is 11.8 Å². The summed E-state index contributed by atoms with van der Waals surface area (Å²) in [7, 11) is 0. The standard InChI is InChI=1S/C8H10O2/c1-5-6-2-3-10-8(6)4-7(5)9/h4-6H,2-3H2,1H3. The molecule has 10 heavy (non-hydrogen) atoms. The van der Waals surface area contributed by atoms with Crippen molar-refractivity contribution in [2.24, 2.45) is 11.8 Å². The summed E-state index contributed by atoms with van der Waals surface area (Å²) in [6.07, 6.45) is 2.68. The molecule has 1 fully saturated rings. The normalized spacial score (nSPS) is 37.3. The SMILES string of the molecule is CC1C(=O)C=C2OCCC21. The first-order valence-corrected chi connectivity index (χ1v) is 3.67. The zero-order valence-electron chi connectivity index (χ0n) is 5.96. The van der Waals surface area contributed by atoms with Gasteiger partial charge in [0.2, 0.25) is 0 Å². The molecule has 2 rings (SSSR count). The van der Waals surface area contributed by atoms with E-state index in [1.165, 1.54) is 0 Å². The summed E-state index contributed by atoms with van der Waals surface area (Å²) in [5.74, 6) is 1.75. The van der Waals surface area contributed by atoms with Crippen molar-refractivity contribution in [1.29, 1.82) is 0 Å². The maximum Gasteiger partial charge on any atom is 0.162 e. The minimum absolute atomic E-state index is 0.178. The van der Waals surface area contributed by atoms with Gasteiger partial charge in [-0.1, -0.05) is 6.92 Å². The second-order valence-electron chi connectivity index (χ2n) is 2.98. The molecule has 2 nitrogen and oxygen atoms in total. The van der Waals surface area contributed by atoms with Crippen molar-refractivity contribution in [2.45, 2.75) is 13.3 Å². The Morgan fingerprint density at radius 1 is 1.70 bits per heavy atom. The average molecular weight is 138 g/mol. The Morgan fingerprint density at radius 2 is 2.50 bits per heavy atom. The van der Waals surface area contributed by atoms with Crippen LogP contribution in [0.4, 0.5) is 0 Å². The highest BCUT2D eigenvalue weighted by atomic mass is 16.5. The van der Waals surface area contributed by atoms with Crippen LogP contribution in [0.1, 0.15) is 13.3 Å². The molecule has 1 saturated heterocycles. The van der Waals surface area contributed by atoms with E-state index in [2.05, 4.69) is 0 Å². The summed E-state index contributed by atoms with van der Waals surface area (Å²) in [5, 5.41) is 0. The van der Waals surface area contributed by atoms with Gasteiger partial charge < -0.3 is 4.74 Å². The summed E-state index contributed by atoms with van der Waals surface area (Å²) in [5.41, 5.74) is 0. The van der Waals surface area contributed by atoms with Gasteiger partial charge in [-0.25, -0.2) is 0 Å². The number of fused-ring (bicyclic) bond motifs is 1. The number of allylic oxidation sites excluding steroid dienone is 2. The third-order valence-electron chi connectivity index (χ3n) is 2.40. The van der Waals surface area contributed by atoms with E-state index >= 15 is 0 Å². The third kappa shape index (κ3) is 0.618. The highest BCUT2D eigenvalue weighted by molar-refractivity contribution is 5.95. The van der Waals surface area contributed by atoms with E-state index in [1.54, 1.807) is 6.08 Å². The largest absolute Gasteiger partial charge is 0.497 e. The number of ether oxygens (including phenoxy) is 1. The number of carbonyl (C=O) groups excluding carboxylic acids is 1. The molecule has 2 heteroatoms. The summed E-state index contributed by atoms with van der Waals surface area (Å²) >= 11 is 0. The topological polar surface area (TPSA) is 26.3 Å². The number of carbonyl (C=O) groups is 1. The smallest absolute Gasteiger partial charge is 0.162 e. The Kier molecular flexibility index (Phi) is 1.10. The van der Waals surface area contributed by atoms with E-state index in [1.807, 2.05) is 6.92 Å². The van der Waals surface area contributed by atoms with Crippen molar-refractivity contribution < 1.29 is 9.53 Å². The first-order chi connectivity index (χ1) is 4.79. The van der Waals surface area contributed by atoms with Gasteiger partial charge in [-0.15, -0.1) is 0 Å². The summed E-state index contributed by atoms with van der Waals surface area (Å²) in [4.78, 5) is 11.0. The molecule has 1 aliphatic carbocycles. The summed E-state index contributed by atoms with van der Waals surface area (Å²) < 4.78 is 5.26. The molecule has 1 aliphatic heterocycles. The predicted octanol–water partition coefficient (Wildman–Crippen LogP) is 1.13. The Balaban J connectivity index is 2.30. The highest BCUT2D eigenvalue weighted by Crippen LogP contribution is 2.36. The lowest BCUT2D eigenvalue weighted by molar-refractivity contribution is -0.117. The second-order valence-corrected chi connectivity index (χ2v) is 2.98. The molecule has 0 N–H and O–H groups in total. The van der Waals surface area contributed by atoms with Crippen LogP contribution in [0.2, 0.25) is 0 Å². The van der Waals surface area contributed by atoms with Gasteiger partial charge >= 0.3 is 0 Å². The molecular formula is C8H10O2. The van der Waals surface area contributed by atoms with Crippen LogP contribution in [0.5, 0.6) is 0 Å². The second kappa shape index (κ2) is 1.84.